The van der Waals surface area contributed by atoms with Gasteiger partial charge in [0.25, 0.3) is 0 Å². The lowest BCUT2D eigenvalue weighted by Crippen LogP contribution is -2.53. The summed E-state index contributed by atoms with van der Waals surface area (Å²) < 4.78 is 10.9. The number of carbonyl (C=O) groups excluding carboxylic acids is 1. The first kappa shape index (κ1) is 16.3. The van der Waals surface area contributed by atoms with Crippen LogP contribution in [0.25, 0.3) is 0 Å². The second-order valence-corrected chi connectivity index (χ2v) is 6.18. The molecule has 5 heteroatoms. The molecule has 0 aliphatic heterocycles. The van der Waals surface area contributed by atoms with E-state index in [1.54, 1.807) is 14.0 Å². The number of amides is 1. The van der Waals surface area contributed by atoms with E-state index in [1.807, 2.05) is 18.2 Å². The second-order valence-electron chi connectivity index (χ2n) is 6.18. The summed E-state index contributed by atoms with van der Waals surface area (Å²) in [6.45, 7) is 7.80. The molecule has 0 aliphatic carbocycles. The third kappa shape index (κ3) is 3.87. The Hall–Kier alpha value is -1.75. The zero-order valence-electron chi connectivity index (χ0n) is 12.8. The second kappa shape index (κ2) is 5.71. The zero-order chi connectivity index (χ0) is 15.6. The highest BCUT2D eigenvalue weighted by atomic mass is 16.5. The highest BCUT2D eigenvalue weighted by Crippen LogP contribution is 2.34. The number of benzene rings is 1. The summed E-state index contributed by atoms with van der Waals surface area (Å²) in [5.41, 5.74) is 10.7. The van der Waals surface area contributed by atoms with Gasteiger partial charge in [-0.2, -0.15) is 0 Å². The lowest BCUT2D eigenvalue weighted by molar-refractivity contribution is -0.123. The van der Waals surface area contributed by atoms with Gasteiger partial charge in [-0.3, -0.25) is 4.79 Å². The first-order valence-corrected chi connectivity index (χ1v) is 6.48. The molecule has 1 aromatic carbocycles. The highest BCUT2D eigenvalue weighted by Gasteiger charge is 2.28. The van der Waals surface area contributed by atoms with Crippen molar-refractivity contribution in [2.75, 3.05) is 13.7 Å². The molecule has 0 heterocycles. The smallest absolute Gasteiger partial charge is 0.240 e. The maximum Gasteiger partial charge on any atom is 0.240 e. The third-order valence-electron chi connectivity index (χ3n) is 3.09. The van der Waals surface area contributed by atoms with E-state index in [-0.39, 0.29) is 12.0 Å². The van der Waals surface area contributed by atoms with E-state index in [1.165, 1.54) is 0 Å². The fraction of sp³-hybridized carbons (Fsp3) is 0.533. The van der Waals surface area contributed by atoms with Crippen molar-refractivity contribution in [2.24, 2.45) is 11.5 Å². The molecule has 20 heavy (non-hydrogen) atoms. The molecule has 1 rings (SSSR count). The van der Waals surface area contributed by atoms with Gasteiger partial charge in [-0.15, -0.1) is 0 Å². The average molecular weight is 280 g/mol. The normalized spacial score (nSPS) is 14.5. The molecule has 0 saturated carbocycles. The van der Waals surface area contributed by atoms with Crippen LogP contribution in [0.15, 0.2) is 18.2 Å². The van der Waals surface area contributed by atoms with Crippen molar-refractivity contribution in [1.82, 2.24) is 0 Å². The Balaban J connectivity index is 3.04. The van der Waals surface area contributed by atoms with E-state index >= 15 is 0 Å². The Morgan fingerprint density at radius 1 is 1.25 bits per heavy atom. The molecule has 1 aromatic rings. The monoisotopic (exact) mass is 280 g/mol. The molecule has 5 nitrogen and oxygen atoms in total. The van der Waals surface area contributed by atoms with E-state index < -0.39 is 11.4 Å². The standard InChI is InChI=1S/C15H24N2O3/c1-14(2,3)11-8-10(19-5)6-7-12(11)20-9-15(4,17)13(16)18/h6-8H,9,17H2,1-5H3,(H2,16,18). The van der Waals surface area contributed by atoms with Gasteiger partial charge in [0, 0.05) is 5.56 Å². The summed E-state index contributed by atoms with van der Waals surface area (Å²) >= 11 is 0. The molecular weight excluding hydrogens is 256 g/mol. The fourth-order valence-electron chi connectivity index (χ4n) is 1.65. The summed E-state index contributed by atoms with van der Waals surface area (Å²) in [5.74, 6) is 0.840. The minimum Gasteiger partial charge on any atom is -0.497 e. The first-order chi connectivity index (χ1) is 9.08. The molecule has 0 fully saturated rings. The van der Waals surface area contributed by atoms with Crippen molar-refractivity contribution in [3.8, 4) is 11.5 Å². The lowest BCUT2D eigenvalue weighted by Gasteiger charge is -2.26. The van der Waals surface area contributed by atoms with Crippen LogP contribution >= 0.6 is 0 Å². The van der Waals surface area contributed by atoms with Crippen molar-refractivity contribution in [3.63, 3.8) is 0 Å². The number of hydrogen-bond donors (Lipinski definition) is 2. The predicted molar refractivity (Wildman–Crippen MR) is 79.0 cm³/mol. The molecule has 1 amide bonds. The van der Waals surface area contributed by atoms with E-state index in [4.69, 9.17) is 20.9 Å². The van der Waals surface area contributed by atoms with Crippen LogP contribution in [-0.2, 0) is 10.2 Å². The molecule has 0 radical (unpaired) electrons. The minimum atomic E-state index is -1.20. The number of carbonyl (C=O) groups is 1. The number of nitrogens with two attached hydrogens (primary N) is 2. The summed E-state index contributed by atoms with van der Waals surface area (Å²) in [6.07, 6.45) is 0. The molecule has 0 saturated heterocycles. The van der Waals surface area contributed by atoms with Crippen LogP contribution in [0, 0.1) is 0 Å². The first-order valence-electron chi connectivity index (χ1n) is 6.48. The number of rotatable bonds is 5. The van der Waals surface area contributed by atoms with Gasteiger partial charge < -0.3 is 20.9 Å². The van der Waals surface area contributed by atoms with Crippen LogP contribution in [0.3, 0.4) is 0 Å². The predicted octanol–water partition coefficient (Wildman–Crippen LogP) is 1.57. The molecule has 1 atom stereocenters. The third-order valence-corrected chi connectivity index (χ3v) is 3.09. The molecule has 0 bridgehead atoms. The molecule has 0 aliphatic rings. The van der Waals surface area contributed by atoms with Crippen molar-refractivity contribution in [1.29, 1.82) is 0 Å². The largest absolute Gasteiger partial charge is 0.497 e. The van der Waals surface area contributed by atoms with Crippen molar-refractivity contribution < 1.29 is 14.3 Å². The Morgan fingerprint density at radius 2 is 1.85 bits per heavy atom. The Kier molecular flexibility index (Phi) is 4.65. The highest BCUT2D eigenvalue weighted by molar-refractivity contribution is 5.84. The van der Waals surface area contributed by atoms with E-state index in [9.17, 15) is 4.79 Å². The van der Waals surface area contributed by atoms with Gasteiger partial charge in [-0.1, -0.05) is 20.8 Å². The van der Waals surface area contributed by atoms with E-state index in [2.05, 4.69) is 20.8 Å². The summed E-state index contributed by atoms with van der Waals surface area (Å²) in [6, 6.07) is 5.55. The minimum absolute atomic E-state index is 0.0255. The molecule has 0 aromatic heterocycles. The number of methoxy groups -OCH3 is 1. The van der Waals surface area contributed by atoms with Gasteiger partial charge in [0.15, 0.2) is 0 Å². The number of hydrogen-bond acceptors (Lipinski definition) is 4. The van der Waals surface area contributed by atoms with Crippen LogP contribution in [0.5, 0.6) is 11.5 Å². The summed E-state index contributed by atoms with van der Waals surface area (Å²) in [4.78, 5) is 11.2. The molecule has 0 spiro atoms. The van der Waals surface area contributed by atoms with Crippen LogP contribution < -0.4 is 20.9 Å². The van der Waals surface area contributed by atoms with Crippen LogP contribution in [-0.4, -0.2) is 25.2 Å². The van der Waals surface area contributed by atoms with Gasteiger partial charge >= 0.3 is 0 Å². The molecule has 112 valence electrons. The number of primary amides is 1. The van der Waals surface area contributed by atoms with Gasteiger partial charge in [-0.25, -0.2) is 0 Å². The maximum absolute atomic E-state index is 11.2. The quantitative estimate of drug-likeness (QED) is 0.857. The van der Waals surface area contributed by atoms with Gasteiger partial charge in [0.2, 0.25) is 5.91 Å². The van der Waals surface area contributed by atoms with Gasteiger partial charge in [0.1, 0.15) is 23.6 Å². The zero-order valence-corrected chi connectivity index (χ0v) is 12.8. The SMILES string of the molecule is COc1ccc(OCC(C)(N)C(N)=O)c(C(C)(C)C)c1. The molecule has 1 unspecified atom stereocenters. The van der Waals surface area contributed by atoms with E-state index in [0.717, 1.165) is 11.3 Å². The molecular formula is C15H24N2O3. The van der Waals surface area contributed by atoms with Gasteiger partial charge in [-0.05, 0) is 30.5 Å². The van der Waals surface area contributed by atoms with Crippen LogP contribution in [0.2, 0.25) is 0 Å². The summed E-state index contributed by atoms with van der Waals surface area (Å²) in [7, 11) is 1.62. The van der Waals surface area contributed by atoms with Crippen LogP contribution in [0.1, 0.15) is 33.3 Å². The maximum atomic E-state index is 11.2. The molecule has 4 N–H and O–H groups in total. The van der Waals surface area contributed by atoms with Crippen molar-refractivity contribution in [2.45, 2.75) is 38.6 Å². The Morgan fingerprint density at radius 3 is 2.30 bits per heavy atom. The summed E-state index contributed by atoms with van der Waals surface area (Å²) in [5, 5.41) is 0. The Labute approximate surface area is 120 Å². The average Bonchev–Trinajstić information content (AvgIpc) is 2.35. The lowest BCUT2D eigenvalue weighted by atomic mass is 9.86. The number of ether oxygens (including phenoxy) is 2. The van der Waals surface area contributed by atoms with Crippen molar-refractivity contribution >= 4 is 5.91 Å². The van der Waals surface area contributed by atoms with Gasteiger partial charge in [0.05, 0.1) is 7.11 Å². The van der Waals surface area contributed by atoms with Crippen molar-refractivity contribution in [3.05, 3.63) is 23.8 Å². The topological polar surface area (TPSA) is 87.6 Å². The van der Waals surface area contributed by atoms with Crippen LogP contribution in [0.4, 0.5) is 0 Å². The Bertz CT molecular complexity index is 490. The van der Waals surface area contributed by atoms with E-state index in [0.29, 0.717) is 5.75 Å². The fourth-order valence-corrected chi connectivity index (χ4v) is 1.65.